The Labute approximate surface area is 123 Å². The third kappa shape index (κ3) is 2.77. The molecule has 0 heterocycles. The molecule has 1 aromatic rings. The molecule has 0 aliphatic heterocycles. The van der Waals surface area contributed by atoms with E-state index in [-0.39, 0.29) is 5.41 Å². The van der Waals surface area contributed by atoms with Crippen molar-refractivity contribution in [3.8, 4) is 0 Å². The van der Waals surface area contributed by atoms with Crippen molar-refractivity contribution in [3.05, 3.63) is 34.4 Å². The third-order valence-electron chi connectivity index (χ3n) is 5.12. The Balaban J connectivity index is 2.41. The molecule has 0 bridgehead atoms. The fourth-order valence-electron chi connectivity index (χ4n) is 4.17. The molecule has 1 aromatic carbocycles. The van der Waals surface area contributed by atoms with Crippen LogP contribution >= 0.6 is 0 Å². The summed E-state index contributed by atoms with van der Waals surface area (Å²) in [5.74, 6) is 0.660. The fourth-order valence-corrected chi connectivity index (χ4v) is 4.17. The lowest BCUT2D eigenvalue weighted by atomic mass is 9.64. The highest BCUT2D eigenvalue weighted by molar-refractivity contribution is 5.40. The van der Waals surface area contributed by atoms with Crippen LogP contribution in [0.4, 0.5) is 0 Å². The molecule has 3 unspecified atom stereocenters. The van der Waals surface area contributed by atoms with Gasteiger partial charge in [-0.25, -0.2) is 0 Å². The molecular formula is C18H29NO. The SMILES string of the molecule is Cc1cc(C)c(C(O)C2(CN)CCCC(C)C2)c(C)c1. The Hall–Kier alpha value is -0.860. The summed E-state index contributed by atoms with van der Waals surface area (Å²) >= 11 is 0. The van der Waals surface area contributed by atoms with E-state index in [4.69, 9.17) is 5.73 Å². The van der Waals surface area contributed by atoms with E-state index < -0.39 is 6.10 Å². The van der Waals surface area contributed by atoms with Crippen molar-refractivity contribution in [2.75, 3.05) is 6.54 Å². The van der Waals surface area contributed by atoms with Crippen LogP contribution in [0.3, 0.4) is 0 Å². The summed E-state index contributed by atoms with van der Waals surface area (Å²) < 4.78 is 0. The van der Waals surface area contributed by atoms with E-state index in [1.807, 2.05) is 0 Å². The van der Waals surface area contributed by atoms with Crippen molar-refractivity contribution in [2.45, 2.75) is 59.5 Å². The van der Waals surface area contributed by atoms with Crippen LogP contribution in [0.15, 0.2) is 12.1 Å². The molecule has 0 radical (unpaired) electrons. The van der Waals surface area contributed by atoms with Crippen LogP contribution in [-0.4, -0.2) is 11.7 Å². The molecule has 0 aromatic heterocycles. The van der Waals surface area contributed by atoms with Crippen LogP contribution in [0.1, 0.15) is 61.0 Å². The van der Waals surface area contributed by atoms with Gasteiger partial charge in [0.25, 0.3) is 0 Å². The minimum atomic E-state index is -0.434. The number of benzene rings is 1. The summed E-state index contributed by atoms with van der Waals surface area (Å²) in [7, 11) is 0. The van der Waals surface area contributed by atoms with Gasteiger partial charge in [-0.05, 0) is 56.2 Å². The largest absolute Gasteiger partial charge is 0.388 e. The number of aliphatic hydroxyl groups excluding tert-OH is 1. The summed E-state index contributed by atoms with van der Waals surface area (Å²) in [6.45, 7) is 9.18. The lowest BCUT2D eigenvalue weighted by molar-refractivity contribution is -0.0138. The van der Waals surface area contributed by atoms with Gasteiger partial charge in [0, 0.05) is 12.0 Å². The van der Waals surface area contributed by atoms with Crippen molar-refractivity contribution >= 4 is 0 Å². The molecule has 20 heavy (non-hydrogen) atoms. The van der Waals surface area contributed by atoms with Gasteiger partial charge in [-0.15, -0.1) is 0 Å². The second kappa shape index (κ2) is 5.87. The zero-order valence-corrected chi connectivity index (χ0v) is 13.4. The predicted octanol–water partition coefficient (Wildman–Crippen LogP) is 3.80. The number of hydrogen-bond donors (Lipinski definition) is 2. The Morgan fingerprint density at radius 2 is 1.90 bits per heavy atom. The highest BCUT2D eigenvalue weighted by atomic mass is 16.3. The number of nitrogens with two attached hydrogens (primary N) is 1. The average molecular weight is 275 g/mol. The molecular weight excluding hydrogens is 246 g/mol. The van der Waals surface area contributed by atoms with Crippen LogP contribution < -0.4 is 5.73 Å². The van der Waals surface area contributed by atoms with Gasteiger partial charge in [-0.1, -0.05) is 37.5 Å². The van der Waals surface area contributed by atoms with E-state index in [9.17, 15) is 5.11 Å². The summed E-state index contributed by atoms with van der Waals surface area (Å²) in [6, 6.07) is 4.34. The minimum Gasteiger partial charge on any atom is -0.388 e. The highest BCUT2D eigenvalue weighted by Gasteiger charge is 2.41. The van der Waals surface area contributed by atoms with Crippen LogP contribution in [0.5, 0.6) is 0 Å². The van der Waals surface area contributed by atoms with Gasteiger partial charge in [-0.3, -0.25) is 0 Å². The quantitative estimate of drug-likeness (QED) is 0.881. The van der Waals surface area contributed by atoms with Crippen molar-refractivity contribution in [2.24, 2.45) is 17.1 Å². The van der Waals surface area contributed by atoms with E-state index >= 15 is 0 Å². The van der Waals surface area contributed by atoms with Crippen molar-refractivity contribution in [3.63, 3.8) is 0 Å². The minimum absolute atomic E-state index is 0.136. The molecule has 3 N–H and O–H groups in total. The fraction of sp³-hybridized carbons (Fsp3) is 0.667. The second-order valence-electron chi connectivity index (χ2n) is 6.98. The molecule has 1 aliphatic rings. The van der Waals surface area contributed by atoms with Gasteiger partial charge >= 0.3 is 0 Å². The van der Waals surface area contributed by atoms with Gasteiger partial charge in [0.05, 0.1) is 6.10 Å². The van der Waals surface area contributed by atoms with E-state index in [0.29, 0.717) is 12.5 Å². The Bertz CT molecular complexity index is 459. The molecule has 0 amide bonds. The Morgan fingerprint density at radius 1 is 1.30 bits per heavy atom. The highest BCUT2D eigenvalue weighted by Crippen LogP contribution is 2.48. The number of aliphatic hydroxyl groups is 1. The van der Waals surface area contributed by atoms with Crippen molar-refractivity contribution < 1.29 is 5.11 Å². The Morgan fingerprint density at radius 3 is 2.40 bits per heavy atom. The predicted molar refractivity (Wildman–Crippen MR) is 84.7 cm³/mol. The smallest absolute Gasteiger partial charge is 0.0863 e. The summed E-state index contributed by atoms with van der Waals surface area (Å²) in [6.07, 6.45) is 4.09. The molecule has 2 nitrogen and oxygen atoms in total. The molecule has 3 atom stereocenters. The van der Waals surface area contributed by atoms with Gasteiger partial charge in [0.1, 0.15) is 0 Å². The van der Waals surface area contributed by atoms with E-state index in [1.165, 1.54) is 29.5 Å². The Kier molecular flexibility index (Phi) is 4.55. The van der Waals surface area contributed by atoms with Gasteiger partial charge in [0.15, 0.2) is 0 Å². The first-order valence-electron chi connectivity index (χ1n) is 7.85. The van der Waals surface area contributed by atoms with Gasteiger partial charge in [-0.2, -0.15) is 0 Å². The van der Waals surface area contributed by atoms with Crippen molar-refractivity contribution in [1.82, 2.24) is 0 Å². The first-order valence-corrected chi connectivity index (χ1v) is 7.85. The van der Waals surface area contributed by atoms with Crippen LogP contribution in [-0.2, 0) is 0 Å². The van der Waals surface area contributed by atoms with Crippen LogP contribution in [0.2, 0.25) is 0 Å². The molecule has 1 fully saturated rings. The van der Waals surface area contributed by atoms with Crippen LogP contribution in [0, 0.1) is 32.1 Å². The zero-order chi connectivity index (χ0) is 14.9. The zero-order valence-electron chi connectivity index (χ0n) is 13.4. The third-order valence-corrected chi connectivity index (χ3v) is 5.12. The summed E-state index contributed by atoms with van der Waals surface area (Å²) in [4.78, 5) is 0. The van der Waals surface area contributed by atoms with E-state index in [0.717, 1.165) is 18.4 Å². The van der Waals surface area contributed by atoms with Crippen molar-refractivity contribution in [1.29, 1.82) is 0 Å². The molecule has 1 saturated carbocycles. The van der Waals surface area contributed by atoms with Crippen LogP contribution in [0.25, 0.3) is 0 Å². The van der Waals surface area contributed by atoms with Gasteiger partial charge < -0.3 is 10.8 Å². The average Bonchev–Trinajstić information content (AvgIpc) is 2.37. The van der Waals surface area contributed by atoms with E-state index in [2.05, 4.69) is 39.8 Å². The molecule has 0 spiro atoms. The van der Waals surface area contributed by atoms with E-state index in [1.54, 1.807) is 0 Å². The number of rotatable bonds is 3. The first-order chi connectivity index (χ1) is 9.39. The maximum atomic E-state index is 11.1. The summed E-state index contributed by atoms with van der Waals surface area (Å²) in [5.41, 5.74) is 10.7. The first kappa shape index (κ1) is 15.5. The van der Waals surface area contributed by atoms with Gasteiger partial charge in [0.2, 0.25) is 0 Å². The number of aryl methyl sites for hydroxylation is 3. The lowest BCUT2D eigenvalue weighted by Crippen LogP contribution is -2.41. The molecule has 0 saturated heterocycles. The maximum Gasteiger partial charge on any atom is 0.0863 e. The standard InChI is InChI=1S/C18H29NO/c1-12-6-5-7-18(10-12,11-19)17(20)16-14(3)8-13(2)9-15(16)4/h8-9,12,17,20H,5-7,10-11,19H2,1-4H3. The topological polar surface area (TPSA) is 46.2 Å². The normalized spacial score (nSPS) is 28.4. The number of hydrogen-bond acceptors (Lipinski definition) is 2. The molecule has 112 valence electrons. The lowest BCUT2D eigenvalue weighted by Gasteiger charge is -2.43. The molecule has 1 aliphatic carbocycles. The summed E-state index contributed by atoms with van der Waals surface area (Å²) in [5, 5.41) is 11.1. The molecule has 2 heteroatoms. The maximum absolute atomic E-state index is 11.1. The molecule has 2 rings (SSSR count). The second-order valence-corrected chi connectivity index (χ2v) is 6.98. The monoisotopic (exact) mass is 275 g/mol.